The van der Waals surface area contributed by atoms with E-state index < -0.39 is 0 Å². The van der Waals surface area contributed by atoms with Crippen LogP contribution in [0.25, 0.3) is 0 Å². The third-order valence-corrected chi connectivity index (χ3v) is 5.01. The molecule has 2 aliphatic heterocycles. The van der Waals surface area contributed by atoms with Crippen molar-refractivity contribution in [2.45, 2.75) is 51.9 Å². The normalized spacial score (nSPS) is 25.0. The van der Waals surface area contributed by atoms with E-state index in [4.69, 9.17) is 4.74 Å². The fourth-order valence-corrected chi connectivity index (χ4v) is 3.42. The molecule has 0 saturated carbocycles. The molecule has 1 amide bonds. The number of nitrogens with zero attached hydrogens (tertiary/aromatic N) is 4. The van der Waals surface area contributed by atoms with Crippen molar-refractivity contribution in [2.24, 2.45) is 5.92 Å². The van der Waals surface area contributed by atoms with E-state index in [1.165, 1.54) is 0 Å². The van der Waals surface area contributed by atoms with Gasteiger partial charge in [-0.2, -0.15) is 0 Å². The van der Waals surface area contributed by atoms with Crippen LogP contribution in [0.4, 0.5) is 0 Å². The topological polar surface area (TPSA) is 50.6 Å². The highest BCUT2D eigenvalue weighted by Gasteiger charge is 2.32. The highest BCUT2D eigenvalue weighted by molar-refractivity contribution is 5.81. The number of amides is 1. The molecule has 3 heterocycles. The van der Waals surface area contributed by atoms with Gasteiger partial charge in [-0.3, -0.25) is 4.79 Å². The minimum absolute atomic E-state index is 0.135. The van der Waals surface area contributed by atoms with E-state index >= 15 is 0 Å². The maximum Gasteiger partial charge on any atom is 0.252 e. The van der Waals surface area contributed by atoms with Gasteiger partial charge in [0.15, 0.2) is 0 Å². The van der Waals surface area contributed by atoms with Crippen LogP contribution in [0.5, 0.6) is 0 Å². The lowest BCUT2D eigenvalue weighted by molar-refractivity contribution is -0.142. The lowest BCUT2D eigenvalue weighted by atomic mass is 10.1. The molecule has 1 fully saturated rings. The van der Waals surface area contributed by atoms with E-state index in [0.717, 1.165) is 38.3 Å². The summed E-state index contributed by atoms with van der Waals surface area (Å²) < 4.78 is 7.80. The molecule has 0 spiro atoms. The molecule has 0 radical (unpaired) electrons. The second-order valence-electron chi connectivity index (χ2n) is 7.12. The van der Waals surface area contributed by atoms with Gasteiger partial charge in [-0.1, -0.05) is 0 Å². The summed E-state index contributed by atoms with van der Waals surface area (Å²) in [5, 5.41) is 0. The second kappa shape index (κ2) is 7.01. The number of ether oxygens (including phenoxy) is 1. The van der Waals surface area contributed by atoms with Crippen LogP contribution in [0.15, 0.2) is 12.4 Å². The van der Waals surface area contributed by atoms with Crippen molar-refractivity contribution in [1.29, 1.82) is 0 Å². The van der Waals surface area contributed by atoms with Crippen molar-refractivity contribution in [3.63, 3.8) is 0 Å². The van der Waals surface area contributed by atoms with Crippen molar-refractivity contribution in [2.75, 3.05) is 26.7 Å². The molecule has 0 aliphatic carbocycles. The van der Waals surface area contributed by atoms with Crippen molar-refractivity contribution < 1.29 is 9.53 Å². The average Bonchev–Trinajstić information content (AvgIpc) is 3.15. The molecule has 1 aromatic rings. The summed E-state index contributed by atoms with van der Waals surface area (Å²) >= 11 is 0. The van der Waals surface area contributed by atoms with E-state index in [2.05, 4.69) is 35.3 Å². The van der Waals surface area contributed by atoms with Crippen molar-refractivity contribution in [1.82, 2.24) is 19.4 Å². The Bertz CT molecular complexity index is 536. The third-order valence-electron chi connectivity index (χ3n) is 5.01. The summed E-state index contributed by atoms with van der Waals surface area (Å²) in [6.07, 6.45) is 5.44. The highest BCUT2D eigenvalue weighted by atomic mass is 16.5. The molecule has 0 bridgehead atoms. The third kappa shape index (κ3) is 3.75. The highest BCUT2D eigenvalue weighted by Crippen LogP contribution is 2.21. The van der Waals surface area contributed by atoms with Crippen molar-refractivity contribution in [3.05, 3.63) is 18.2 Å². The lowest BCUT2D eigenvalue weighted by Gasteiger charge is -2.30. The minimum Gasteiger partial charge on any atom is -0.368 e. The number of carbonyl (C=O) groups is 1. The predicted molar refractivity (Wildman–Crippen MR) is 87.9 cm³/mol. The van der Waals surface area contributed by atoms with Gasteiger partial charge in [-0.05, 0) is 33.7 Å². The van der Waals surface area contributed by atoms with Crippen LogP contribution in [0.1, 0.15) is 32.5 Å². The standard InChI is InChI=1S/C17H28N4O2/c1-13(2)19(3)9-14-10-20-7-6-18-16(20)12-21(11-14)17(22)15-5-4-8-23-15/h6-7,13-15H,4-5,8-12H2,1-3H3/t14?,15-/m0/s1. The summed E-state index contributed by atoms with van der Waals surface area (Å²) in [4.78, 5) is 21.5. The molecule has 128 valence electrons. The van der Waals surface area contributed by atoms with Crippen LogP contribution in [0.2, 0.25) is 0 Å². The zero-order valence-corrected chi connectivity index (χ0v) is 14.4. The summed E-state index contributed by atoms with van der Waals surface area (Å²) in [6, 6.07) is 0.503. The first-order chi connectivity index (χ1) is 11.0. The fraction of sp³-hybridized carbons (Fsp3) is 0.765. The van der Waals surface area contributed by atoms with E-state index in [1.54, 1.807) is 0 Å². The molecule has 1 aromatic heterocycles. The Morgan fingerprint density at radius 1 is 1.48 bits per heavy atom. The molecule has 3 rings (SSSR count). The molecule has 6 heteroatoms. The van der Waals surface area contributed by atoms with Crippen molar-refractivity contribution >= 4 is 5.91 Å². The van der Waals surface area contributed by atoms with Gasteiger partial charge in [0.2, 0.25) is 0 Å². The van der Waals surface area contributed by atoms with Gasteiger partial charge >= 0.3 is 0 Å². The summed E-state index contributed by atoms with van der Waals surface area (Å²) in [5.74, 6) is 1.52. The molecule has 1 saturated heterocycles. The molecule has 1 unspecified atom stereocenters. The van der Waals surface area contributed by atoms with Gasteiger partial charge in [-0.25, -0.2) is 4.98 Å². The first-order valence-electron chi connectivity index (χ1n) is 8.65. The second-order valence-corrected chi connectivity index (χ2v) is 7.12. The zero-order chi connectivity index (χ0) is 16.4. The summed E-state index contributed by atoms with van der Waals surface area (Å²) in [7, 11) is 2.15. The monoisotopic (exact) mass is 320 g/mol. The summed E-state index contributed by atoms with van der Waals surface area (Å²) in [5.41, 5.74) is 0. The molecular formula is C17H28N4O2. The van der Waals surface area contributed by atoms with Gasteiger partial charge in [-0.15, -0.1) is 0 Å². The predicted octanol–water partition coefficient (Wildman–Crippen LogP) is 1.36. The van der Waals surface area contributed by atoms with Crippen LogP contribution >= 0.6 is 0 Å². The SMILES string of the molecule is CC(C)N(C)CC1CN(C(=O)[C@@H]2CCCO2)Cc2nccn2C1. The van der Waals surface area contributed by atoms with Gasteiger partial charge in [0.1, 0.15) is 11.9 Å². The van der Waals surface area contributed by atoms with Gasteiger partial charge in [0, 0.05) is 50.6 Å². The quantitative estimate of drug-likeness (QED) is 0.840. The lowest BCUT2D eigenvalue weighted by Crippen LogP contribution is -2.43. The Labute approximate surface area is 138 Å². The molecule has 6 nitrogen and oxygen atoms in total. The molecular weight excluding hydrogens is 292 g/mol. The maximum absolute atomic E-state index is 12.8. The molecule has 0 N–H and O–H groups in total. The number of hydrogen-bond acceptors (Lipinski definition) is 4. The van der Waals surface area contributed by atoms with E-state index in [9.17, 15) is 4.79 Å². The largest absolute Gasteiger partial charge is 0.368 e. The smallest absolute Gasteiger partial charge is 0.252 e. The number of imidazole rings is 1. The Kier molecular flexibility index (Phi) is 5.02. The molecule has 2 aliphatic rings. The minimum atomic E-state index is -0.250. The number of carbonyl (C=O) groups excluding carboxylic acids is 1. The Morgan fingerprint density at radius 3 is 3.00 bits per heavy atom. The Balaban J connectivity index is 1.75. The van der Waals surface area contributed by atoms with Crippen LogP contribution in [0.3, 0.4) is 0 Å². The van der Waals surface area contributed by atoms with Crippen LogP contribution in [0, 0.1) is 5.92 Å². The van der Waals surface area contributed by atoms with E-state index in [1.807, 2.05) is 17.3 Å². The number of aromatic nitrogens is 2. The van der Waals surface area contributed by atoms with Crippen molar-refractivity contribution in [3.8, 4) is 0 Å². The number of rotatable bonds is 4. The van der Waals surface area contributed by atoms with Crippen LogP contribution in [-0.4, -0.2) is 64.1 Å². The Morgan fingerprint density at radius 2 is 2.30 bits per heavy atom. The average molecular weight is 320 g/mol. The Hall–Kier alpha value is -1.40. The van der Waals surface area contributed by atoms with Gasteiger partial charge in [0.05, 0.1) is 6.54 Å². The van der Waals surface area contributed by atoms with Crippen LogP contribution < -0.4 is 0 Å². The fourth-order valence-electron chi connectivity index (χ4n) is 3.42. The van der Waals surface area contributed by atoms with Gasteiger partial charge in [0.25, 0.3) is 5.91 Å². The first-order valence-corrected chi connectivity index (χ1v) is 8.65. The maximum atomic E-state index is 12.8. The molecule has 2 atom stereocenters. The summed E-state index contributed by atoms with van der Waals surface area (Å²) in [6.45, 7) is 8.38. The first kappa shape index (κ1) is 16.5. The van der Waals surface area contributed by atoms with E-state index in [0.29, 0.717) is 25.1 Å². The number of hydrogen-bond donors (Lipinski definition) is 0. The van der Waals surface area contributed by atoms with Crippen LogP contribution in [-0.2, 0) is 22.6 Å². The van der Waals surface area contributed by atoms with E-state index in [-0.39, 0.29) is 12.0 Å². The number of fused-ring (bicyclic) bond motifs is 1. The molecule has 0 aromatic carbocycles. The molecule has 23 heavy (non-hydrogen) atoms. The van der Waals surface area contributed by atoms with Gasteiger partial charge < -0.3 is 19.1 Å². The zero-order valence-electron chi connectivity index (χ0n) is 14.4.